The van der Waals surface area contributed by atoms with E-state index in [2.05, 4.69) is 39.6 Å². The molecule has 1 atom stereocenters. The molecular formula is C12H20BNO2S. The minimum atomic E-state index is -0.288. The van der Waals surface area contributed by atoms with Crippen molar-refractivity contribution in [2.75, 3.05) is 0 Å². The molecule has 2 rings (SSSR count). The van der Waals surface area contributed by atoms with Crippen LogP contribution in [0.25, 0.3) is 0 Å². The molecule has 5 heteroatoms. The number of aromatic nitrogens is 1. The normalized spacial score (nSPS) is 28.1. The van der Waals surface area contributed by atoms with E-state index in [0.717, 1.165) is 9.78 Å². The summed E-state index contributed by atoms with van der Waals surface area (Å²) >= 11 is 1.64. The maximum atomic E-state index is 6.17. The minimum absolute atomic E-state index is 0.268. The smallest absolute Gasteiger partial charge is 0.399 e. The van der Waals surface area contributed by atoms with Gasteiger partial charge in [0.15, 0.2) is 0 Å². The Hall–Kier alpha value is -0.385. The Balaban J connectivity index is 2.27. The lowest BCUT2D eigenvalue weighted by Gasteiger charge is -2.39. The fourth-order valence-electron chi connectivity index (χ4n) is 2.21. The molecule has 0 aromatic carbocycles. The molecule has 0 radical (unpaired) electrons. The van der Waals surface area contributed by atoms with E-state index in [1.165, 1.54) is 0 Å². The van der Waals surface area contributed by atoms with Crippen LogP contribution in [0.4, 0.5) is 0 Å². The number of thiazole rings is 1. The number of rotatable bonds is 2. The lowest BCUT2D eigenvalue weighted by Crippen LogP contribution is -2.48. The fourth-order valence-corrected chi connectivity index (χ4v) is 2.95. The molecule has 94 valence electrons. The highest BCUT2D eigenvalue weighted by molar-refractivity contribution is 7.22. The van der Waals surface area contributed by atoms with Gasteiger partial charge in [-0.05, 0) is 33.6 Å². The summed E-state index contributed by atoms with van der Waals surface area (Å²) in [4.78, 5) is 4.26. The van der Waals surface area contributed by atoms with Crippen molar-refractivity contribution in [1.82, 2.24) is 4.98 Å². The predicted octanol–water partition coefficient (Wildman–Crippen LogP) is 2.39. The van der Waals surface area contributed by atoms with Gasteiger partial charge >= 0.3 is 7.12 Å². The van der Waals surface area contributed by atoms with Crippen molar-refractivity contribution in [3.63, 3.8) is 0 Å². The molecule has 3 nitrogen and oxygen atoms in total. The fraction of sp³-hybridized carbons (Fsp3) is 0.750. The van der Waals surface area contributed by atoms with Gasteiger partial charge in [-0.25, -0.2) is 0 Å². The Kier molecular flexibility index (Phi) is 3.13. The largest absolute Gasteiger partial charge is 0.507 e. The summed E-state index contributed by atoms with van der Waals surface area (Å²) in [5, 5.41) is 1.04. The third kappa shape index (κ3) is 2.05. The zero-order chi connectivity index (χ0) is 12.8. The second kappa shape index (κ2) is 4.07. The third-order valence-corrected chi connectivity index (χ3v) is 4.86. The number of aryl methyl sites for hydroxylation is 1. The van der Waals surface area contributed by atoms with Crippen LogP contribution in [0, 0.1) is 12.8 Å². The molecule has 1 fully saturated rings. The molecule has 1 aromatic heterocycles. The van der Waals surface area contributed by atoms with Crippen molar-refractivity contribution < 1.29 is 9.31 Å². The lowest BCUT2D eigenvalue weighted by molar-refractivity contribution is -0.0435. The maximum absolute atomic E-state index is 6.17. The standard InChI is InChI=1S/C12H20BNO2S/c1-8(2)12(6)11(4,5)15-13(16-12)10-7-14-9(3)17-10/h7-8H,1-6H3. The van der Waals surface area contributed by atoms with Crippen LogP contribution in [-0.4, -0.2) is 23.3 Å². The average molecular weight is 253 g/mol. The molecule has 0 saturated carbocycles. The monoisotopic (exact) mass is 253 g/mol. The second-order valence-corrected chi connectivity index (χ2v) is 6.89. The van der Waals surface area contributed by atoms with E-state index in [1.807, 2.05) is 13.1 Å². The first kappa shape index (κ1) is 13.1. The number of hydrogen-bond acceptors (Lipinski definition) is 4. The lowest BCUT2D eigenvalue weighted by atomic mass is 9.79. The highest BCUT2D eigenvalue weighted by atomic mass is 32.1. The zero-order valence-corrected chi connectivity index (χ0v) is 12.2. The molecule has 1 saturated heterocycles. The molecule has 17 heavy (non-hydrogen) atoms. The van der Waals surface area contributed by atoms with E-state index in [9.17, 15) is 0 Å². The van der Waals surface area contributed by atoms with Gasteiger partial charge in [-0.3, -0.25) is 4.98 Å². The van der Waals surface area contributed by atoms with Crippen LogP contribution in [-0.2, 0) is 9.31 Å². The van der Waals surface area contributed by atoms with Crippen LogP contribution >= 0.6 is 11.3 Å². The molecule has 2 heterocycles. The van der Waals surface area contributed by atoms with Crippen LogP contribution in [0.15, 0.2) is 6.20 Å². The molecule has 0 amide bonds. The summed E-state index contributed by atoms with van der Waals surface area (Å²) < 4.78 is 13.3. The van der Waals surface area contributed by atoms with Crippen LogP contribution in [0.1, 0.15) is 39.6 Å². The average Bonchev–Trinajstić information content (AvgIpc) is 2.71. The van der Waals surface area contributed by atoms with Gasteiger partial charge in [0.25, 0.3) is 0 Å². The van der Waals surface area contributed by atoms with E-state index in [-0.39, 0.29) is 18.3 Å². The first-order chi connectivity index (χ1) is 7.76. The molecular weight excluding hydrogens is 233 g/mol. The van der Waals surface area contributed by atoms with Gasteiger partial charge in [0.1, 0.15) is 0 Å². The Morgan fingerprint density at radius 1 is 1.29 bits per heavy atom. The zero-order valence-electron chi connectivity index (χ0n) is 11.4. The number of nitrogens with zero attached hydrogens (tertiary/aromatic N) is 1. The molecule has 0 aliphatic carbocycles. The van der Waals surface area contributed by atoms with Gasteiger partial charge < -0.3 is 9.31 Å². The van der Waals surface area contributed by atoms with Gasteiger partial charge in [-0.1, -0.05) is 13.8 Å². The Labute approximate surface area is 108 Å². The van der Waals surface area contributed by atoms with E-state index < -0.39 is 0 Å². The third-order valence-electron chi connectivity index (χ3n) is 3.92. The SMILES string of the molecule is Cc1ncc(B2OC(C)(C)C(C)(C(C)C)O2)s1. The van der Waals surface area contributed by atoms with Crippen molar-refractivity contribution in [1.29, 1.82) is 0 Å². The summed E-state index contributed by atoms with van der Waals surface area (Å²) in [7, 11) is -0.274. The highest BCUT2D eigenvalue weighted by Gasteiger charge is 2.56. The molecule has 1 unspecified atom stereocenters. The van der Waals surface area contributed by atoms with Crippen molar-refractivity contribution in [3.05, 3.63) is 11.2 Å². The Morgan fingerprint density at radius 3 is 2.35 bits per heavy atom. The quantitative estimate of drug-likeness (QED) is 0.758. The molecule has 1 aliphatic rings. The summed E-state index contributed by atoms with van der Waals surface area (Å²) in [6, 6.07) is 0. The summed E-state index contributed by atoms with van der Waals surface area (Å²) in [6.45, 7) is 12.7. The van der Waals surface area contributed by atoms with Crippen LogP contribution in [0.2, 0.25) is 0 Å². The van der Waals surface area contributed by atoms with Gasteiger partial charge in [0, 0.05) is 6.20 Å². The summed E-state index contributed by atoms with van der Waals surface area (Å²) in [5.74, 6) is 0.400. The van der Waals surface area contributed by atoms with E-state index in [0.29, 0.717) is 5.92 Å². The van der Waals surface area contributed by atoms with Crippen LogP contribution in [0.3, 0.4) is 0 Å². The predicted molar refractivity (Wildman–Crippen MR) is 71.7 cm³/mol. The first-order valence-electron chi connectivity index (χ1n) is 6.04. The topological polar surface area (TPSA) is 31.4 Å². The van der Waals surface area contributed by atoms with Gasteiger partial charge in [-0.15, -0.1) is 11.3 Å². The maximum Gasteiger partial charge on any atom is 0.507 e. The molecule has 0 spiro atoms. The van der Waals surface area contributed by atoms with Crippen molar-refractivity contribution in [3.8, 4) is 0 Å². The van der Waals surface area contributed by atoms with Crippen LogP contribution in [0.5, 0.6) is 0 Å². The minimum Gasteiger partial charge on any atom is -0.399 e. The van der Waals surface area contributed by atoms with E-state index in [1.54, 1.807) is 11.3 Å². The van der Waals surface area contributed by atoms with E-state index >= 15 is 0 Å². The molecule has 1 aromatic rings. The van der Waals surface area contributed by atoms with E-state index in [4.69, 9.17) is 9.31 Å². The molecule has 0 bridgehead atoms. The summed E-state index contributed by atoms with van der Waals surface area (Å²) in [5.41, 5.74) is -0.556. The first-order valence-corrected chi connectivity index (χ1v) is 6.86. The molecule has 0 N–H and O–H groups in total. The Bertz CT molecular complexity index is 418. The summed E-state index contributed by atoms with van der Waals surface area (Å²) in [6.07, 6.45) is 1.85. The van der Waals surface area contributed by atoms with Crippen LogP contribution < -0.4 is 4.78 Å². The van der Waals surface area contributed by atoms with Gasteiger partial charge in [0.2, 0.25) is 0 Å². The molecule has 1 aliphatic heterocycles. The second-order valence-electron chi connectivity index (χ2n) is 5.62. The van der Waals surface area contributed by atoms with Crippen molar-refractivity contribution in [2.45, 2.75) is 52.7 Å². The van der Waals surface area contributed by atoms with Gasteiger partial charge in [-0.2, -0.15) is 0 Å². The highest BCUT2D eigenvalue weighted by Crippen LogP contribution is 2.42. The Morgan fingerprint density at radius 2 is 1.94 bits per heavy atom. The van der Waals surface area contributed by atoms with Crippen molar-refractivity contribution >= 4 is 23.2 Å². The van der Waals surface area contributed by atoms with Gasteiger partial charge in [0.05, 0.1) is 21.0 Å². The number of hydrogen-bond donors (Lipinski definition) is 0. The van der Waals surface area contributed by atoms with Crippen molar-refractivity contribution in [2.24, 2.45) is 5.92 Å².